The molecule has 0 aliphatic heterocycles. The zero-order valence-corrected chi connectivity index (χ0v) is 27.4. The molecule has 0 aliphatic rings. The first-order chi connectivity index (χ1) is 24.3. The number of fused-ring (bicyclic) bond motifs is 8. The highest BCUT2D eigenvalue weighted by Gasteiger charge is 2.21. The van der Waals surface area contributed by atoms with Crippen molar-refractivity contribution in [3.63, 3.8) is 0 Å². The Balaban J connectivity index is 1.27. The minimum absolute atomic E-state index is 1.13. The largest absolute Gasteiger partial charge is 0.310 e. The van der Waals surface area contributed by atoms with Gasteiger partial charge in [0.15, 0.2) is 0 Å². The smallest absolute Gasteiger partial charge is 0.0634 e. The molecular formula is C46H30N2S. The molecule has 0 unspecified atom stereocenters. The summed E-state index contributed by atoms with van der Waals surface area (Å²) in [5.74, 6) is 0. The topological polar surface area (TPSA) is 8.17 Å². The van der Waals surface area contributed by atoms with Gasteiger partial charge in [0.1, 0.15) is 0 Å². The molecule has 0 N–H and O–H groups in total. The number of anilines is 3. The van der Waals surface area contributed by atoms with Gasteiger partial charge in [-0.3, -0.25) is 0 Å². The summed E-state index contributed by atoms with van der Waals surface area (Å²) in [6.07, 6.45) is 0. The van der Waals surface area contributed by atoms with Crippen LogP contribution in [0.1, 0.15) is 0 Å². The fourth-order valence-corrected chi connectivity index (χ4v) is 8.58. The first-order valence-corrected chi connectivity index (χ1v) is 17.5. The van der Waals surface area contributed by atoms with Gasteiger partial charge in [-0.15, -0.1) is 11.3 Å². The summed E-state index contributed by atoms with van der Waals surface area (Å²) in [7, 11) is 0. The maximum atomic E-state index is 2.47. The first kappa shape index (κ1) is 27.9. The molecule has 0 atom stereocenters. The van der Waals surface area contributed by atoms with E-state index >= 15 is 0 Å². The molecule has 49 heavy (non-hydrogen) atoms. The van der Waals surface area contributed by atoms with E-state index in [-0.39, 0.29) is 0 Å². The number of hydrogen-bond donors (Lipinski definition) is 0. The Morgan fingerprint density at radius 3 is 1.90 bits per heavy atom. The van der Waals surface area contributed by atoms with Gasteiger partial charge in [-0.2, -0.15) is 0 Å². The fraction of sp³-hybridized carbons (Fsp3) is 0. The molecule has 0 saturated carbocycles. The molecule has 0 aliphatic carbocycles. The molecule has 3 heteroatoms. The fourth-order valence-electron chi connectivity index (χ4n) is 7.49. The number of thiophene rings is 1. The second-order valence-electron chi connectivity index (χ2n) is 12.6. The van der Waals surface area contributed by atoms with Crippen LogP contribution in [0.15, 0.2) is 182 Å². The lowest BCUT2D eigenvalue weighted by Gasteiger charge is -2.26. The van der Waals surface area contributed by atoms with Crippen molar-refractivity contribution in [2.75, 3.05) is 4.90 Å². The minimum Gasteiger partial charge on any atom is -0.310 e. The Hall–Kier alpha value is -6.16. The van der Waals surface area contributed by atoms with E-state index in [1.807, 2.05) is 11.3 Å². The first-order valence-electron chi connectivity index (χ1n) is 16.7. The van der Waals surface area contributed by atoms with E-state index in [1.165, 1.54) is 63.9 Å². The highest BCUT2D eigenvalue weighted by molar-refractivity contribution is 7.26. The van der Waals surface area contributed by atoms with Crippen LogP contribution in [0.2, 0.25) is 0 Å². The predicted molar refractivity (Wildman–Crippen MR) is 211 cm³/mol. The van der Waals surface area contributed by atoms with Crippen LogP contribution in [0, 0.1) is 0 Å². The van der Waals surface area contributed by atoms with E-state index in [9.17, 15) is 0 Å². The van der Waals surface area contributed by atoms with Crippen molar-refractivity contribution >= 4 is 81.1 Å². The van der Waals surface area contributed by atoms with E-state index < -0.39 is 0 Å². The van der Waals surface area contributed by atoms with E-state index in [2.05, 4.69) is 191 Å². The van der Waals surface area contributed by atoms with Gasteiger partial charge >= 0.3 is 0 Å². The molecule has 2 heterocycles. The van der Waals surface area contributed by atoms with Crippen molar-refractivity contribution in [2.24, 2.45) is 0 Å². The van der Waals surface area contributed by atoms with Crippen LogP contribution in [-0.2, 0) is 0 Å². The molecule has 0 saturated heterocycles. The highest BCUT2D eigenvalue weighted by atomic mass is 32.1. The number of aromatic nitrogens is 1. The van der Waals surface area contributed by atoms with Crippen molar-refractivity contribution in [1.82, 2.24) is 4.57 Å². The van der Waals surface area contributed by atoms with Crippen LogP contribution < -0.4 is 4.90 Å². The number of rotatable bonds is 5. The average Bonchev–Trinajstić information content (AvgIpc) is 3.71. The molecule has 0 spiro atoms. The molecule has 230 valence electrons. The molecule has 0 radical (unpaired) electrons. The van der Waals surface area contributed by atoms with Gasteiger partial charge in [0.05, 0.1) is 11.0 Å². The summed E-state index contributed by atoms with van der Waals surface area (Å²) in [5, 5.41) is 7.57. The molecule has 0 bridgehead atoms. The zero-order chi connectivity index (χ0) is 32.3. The SMILES string of the molecule is c1ccc(-c2ccc3sc4ccc5c6cc(N(c7ccccc7)c7ccc8ccccc8c7)ccc6n(-c6ccccc6)c5c4c3c2)cc1. The van der Waals surface area contributed by atoms with Crippen LogP contribution in [-0.4, -0.2) is 4.57 Å². The molecule has 8 aromatic carbocycles. The molecular weight excluding hydrogens is 613 g/mol. The Morgan fingerprint density at radius 2 is 1.08 bits per heavy atom. The van der Waals surface area contributed by atoms with Gasteiger partial charge in [0, 0.05) is 53.7 Å². The average molecular weight is 643 g/mol. The van der Waals surface area contributed by atoms with Gasteiger partial charge in [-0.25, -0.2) is 0 Å². The van der Waals surface area contributed by atoms with Gasteiger partial charge in [0.25, 0.3) is 0 Å². The van der Waals surface area contributed by atoms with Crippen molar-refractivity contribution < 1.29 is 0 Å². The summed E-state index contributed by atoms with van der Waals surface area (Å²) in [6.45, 7) is 0. The number of nitrogens with zero attached hydrogens (tertiary/aromatic N) is 2. The third kappa shape index (κ3) is 4.55. The molecule has 0 amide bonds. The summed E-state index contributed by atoms with van der Waals surface area (Å²) in [6, 6.07) is 66.1. The molecule has 2 nitrogen and oxygen atoms in total. The predicted octanol–water partition coefficient (Wildman–Crippen LogP) is 13.4. The zero-order valence-electron chi connectivity index (χ0n) is 26.6. The van der Waals surface area contributed by atoms with Crippen molar-refractivity contribution in [3.05, 3.63) is 182 Å². The van der Waals surface area contributed by atoms with Crippen LogP contribution in [0.3, 0.4) is 0 Å². The summed E-state index contributed by atoms with van der Waals surface area (Å²) >= 11 is 1.88. The highest BCUT2D eigenvalue weighted by Crippen LogP contribution is 2.46. The second-order valence-corrected chi connectivity index (χ2v) is 13.7. The van der Waals surface area contributed by atoms with Crippen LogP contribution in [0.5, 0.6) is 0 Å². The summed E-state index contributed by atoms with van der Waals surface area (Å²) < 4.78 is 5.08. The van der Waals surface area contributed by atoms with E-state index in [0.29, 0.717) is 0 Å². The van der Waals surface area contributed by atoms with Crippen LogP contribution in [0.25, 0.3) is 69.6 Å². The Morgan fingerprint density at radius 1 is 0.408 bits per heavy atom. The van der Waals surface area contributed by atoms with Crippen molar-refractivity contribution in [2.45, 2.75) is 0 Å². The van der Waals surface area contributed by atoms with Crippen molar-refractivity contribution in [1.29, 1.82) is 0 Å². The standard InChI is InChI=1S/C46H30N2S/c1-4-12-31(13-5-1)34-21-26-43-41(29-34)45-44(49-43)27-24-39-40-30-38(23-25-42(40)48(46(39)45)36-18-8-3-9-19-36)47(35-16-6-2-7-17-35)37-22-20-32-14-10-11-15-33(32)28-37/h1-30H. The third-order valence-electron chi connectivity index (χ3n) is 9.73. The number of hydrogen-bond acceptors (Lipinski definition) is 2. The van der Waals surface area contributed by atoms with Gasteiger partial charge in [0.2, 0.25) is 0 Å². The van der Waals surface area contributed by atoms with Crippen LogP contribution >= 0.6 is 11.3 Å². The van der Waals surface area contributed by atoms with E-state index in [1.54, 1.807) is 0 Å². The molecule has 0 fully saturated rings. The number of para-hydroxylation sites is 2. The maximum Gasteiger partial charge on any atom is 0.0634 e. The van der Waals surface area contributed by atoms with Gasteiger partial charge in [-0.05, 0) is 94.7 Å². The van der Waals surface area contributed by atoms with Gasteiger partial charge < -0.3 is 9.47 Å². The summed E-state index contributed by atoms with van der Waals surface area (Å²) in [5.41, 5.74) is 9.48. The third-order valence-corrected chi connectivity index (χ3v) is 10.9. The van der Waals surface area contributed by atoms with Crippen LogP contribution in [0.4, 0.5) is 17.1 Å². The summed E-state index contributed by atoms with van der Waals surface area (Å²) in [4.78, 5) is 2.38. The quantitative estimate of drug-likeness (QED) is 0.181. The molecule has 10 rings (SSSR count). The van der Waals surface area contributed by atoms with E-state index in [0.717, 1.165) is 22.7 Å². The van der Waals surface area contributed by atoms with Crippen molar-refractivity contribution in [3.8, 4) is 16.8 Å². The normalized spacial score (nSPS) is 11.7. The number of benzene rings is 8. The Kier molecular flexibility index (Phi) is 6.39. The monoisotopic (exact) mass is 642 g/mol. The lowest BCUT2D eigenvalue weighted by molar-refractivity contribution is 1.19. The second kappa shape index (κ2) is 11.2. The van der Waals surface area contributed by atoms with Gasteiger partial charge in [-0.1, -0.05) is 109 Å². The lowest BCUT2D eigenvalue weighted by atomic mass is 10.0. The molecule has 10 aromatic rings. The maximum absolute atomic E-state index is 2.47. The molecule has 2 aromatic heterocycles. The van der Waals surface area contributed by atoms with E-state index in [4.69, 9.17) is 0 Å². The Labute approximate surface area is 288 Å². The minimum atomic E-state index is 1.13. The lowest BCUT2D eigenvalue weighted by Crippen LogP contribution is -2.09. The Bertz CT molecular complexity index is 2810.